The first-order valence-electron chi connectivity index (χ1n) is 11.2. The van der Waals surface area contributed by atoms with Crippen molar-refractivity contribution in [1.29, 1.82) is 0 Å². The number of carbonyl (C=O) groups excluding carboxylic acids is 1. The molecule has 33 heavy (non-hydrogen) atoms. The van der Waals surface area contributed by atoms with Crippen molar-refractivity contribution in [3.8, 4) is 0 Å². The Kier molecular flexibility index (Phi) is 5.62. The maximum absolute atomic E-state index is 15.4. The van der Waals surface area contributed by atoms with Crippen LogP contribution in [0.2, 0.25) is 0 Å². The van der Waals surface area contributed by atoms with Crippen molar-refractivity contribution in [2.45, 2.75) is 65.0 Å². The molecule has 2 fully saturated rings. The third-order valence-electron chi connectivity index (χ3n) is 6.32. The average molecular weight is 460 g/mol. The Balaban J connectivity index is 1.73. The Bertz CT molecular complexity index is 1200. The summed E-state index contributed by atoms with van der Waals surface area (Å²) in [5, 5.41) is 12.3. The van der Waals surface area contributed by atoms with Crippen molar-refractivity contribution in [3.05, 3.63) is 45.1 Å². The highest BCUT2D eigenvalue weighted by atomic mass is 19.1. The Morgan fingerprint density at radius 2 is 1.91 bits per heavy atom. The summed E-state index contributed by atoms with van der Waals surface area (Å²) in [7, 11) is 0. The number of nitrogens with one attached hydrogen (secondary N) is 1. The van der Waals surface area contributed by atoms with E-state index in [1.54, 1.807) is 27.7 Å². The van der Waals surface area contributed by atoms with E-state index in [4.69, 9.17) is 4.74 Å². The van der Waals surface area contributed by atoms with E-state index in [1.807, 2.05) is 11.8 Å². The van der Waals surface area contributed by atoms with Crippen molar-refractivity contribution >= 4 is 23.3 Å². The van der Waals surface area contributed by atoms with Crippen LogP contribution in [0.1, 0.15) is 67.9 Å². The number of amides is 1. The minimum Gasteiger partial charge on any atom is -0.477 e. The predicted molar refractivity (Wildman–Crippen MR) is 122 cm³/mol. The lowest BCUT2D eigenvalue weighted by Crippen LogP contribution is -2.42. The predicted octanol–water partition coefficient (Wildman–Crippen LogP) is 3.67. The van der Waals surface area contributed by atoms with Gasteiger partial charge in [-0.15, -0.1) is 0 Å². The summed E-state index contributed by atoms with van der Waals surface area (Å²) in [5.74, 6) is -1.71. The molecular weight excluding hydrogens is 429 g/mol. The van der Waals surface area contributed by atoms with Gasteiger partial charge in [-0.1, -0.05) is 6.92 Å². The number of fused-ring (bicyclic) bond motifs is 1. The Hall–Kier alpha value is -3.10. The molecule has 2 aliphatic rings. The number of nitrogens with zero attached hydrogens (tertiary/aromatic N) is 2. The largest absolute Gasteiger partial charge is 0.477 e. The molecule has 0 radical (unpaired) electrons. The molecule has 178 valence electrons. The molecule has 9 heteroatoms. The molecule has 1 amide bonds. The minimum absolute atomic E-state index is 0.0482. The first-order chi connectivity index (χ1) is 15.4. The van der Waals surface area contributed by atoms with Gasteiger partial charge in [-0.2, -0.15) is 0 Å². The maximum atomic E-state index is 15.4. The van der Waals surface area contributed by atoms with Crippen LogP contribution in [0.15, 0.2) is 17.1 Å². The Labute approximate surface area is 191 Å². The smallest absolute Gasteiger partial charge is 0.407 e. The van der Waals surface area contributed by atoms with Crippen LogP contribution in [0.3, 0.4) is 0 Å². The van der Waals surface area contributed by atoms with E-state index < -0.39 is 29.0 Å². The SMILES string of the molecule is Cc1c(N2C[C@H](NC(=O)OC(C)(C)C)[C@@H](C)C2)c(F)cn2c(=O)c(C(=O)O)cc(C3CC3)c12. The normalized spacial score (nSPS) is 20.8. The number of carboxylic acid groups (broad SMARTS) is 1. The van der Waals surface area contributed by atoms with Gasteiger partial charge in [0.05, 0.1) is 23.4 Å². The molecule has 8 nitrogen and oxygen atoms in total. The minimum atomic E-state index is -1.32. The van der Waals surface area contributed by atoms with Crippen LogP contribution in [-0.4, -0.2) is 46.3 Å². The molecule has 2 atom stereocenters. The van der Waals surface area contributed by atoms with Crippen LogP contribution < -0.4 is 15.8 Å². The van der Waals surface area contributed by atoms with Crippen molar-refractivity contribution in [2.24, 2.45) is 5.92 Å². The number of carbonyl (C=O) groups is 2. The lowest BCUT2D eigenvalue weighted by Gasteiger charge is -2.25. The van der Waals surface area contributed by atoms with Gasteiger partial charge in [-0.05, 0) is 69.6 Å². The zero-order chi connectivity index (χ0) is 24.2. The molecule has 1 aliphatic carbocycles. The van der Waals surface area contributed by atoms with E-state index in [9.17, 15) is 19.5 Å². The number of anilines is 1. The highest BCUT2D eigenvalue weighted by Gasteiger charge is 2.36. The number of halogens is 1. The molecule has 3 heterocycles. The standard InChI is InChI=1S/C24H30FN3O5/c1-12-9-27(11-18(12)26-23(32)33-24(3,4)5)20-13(2)19-15(14-6-7-14)8-16(22(30)31)21(29)28(19)10-17(20)25/h8,10,12,14,18H,6-7,9,11H2,1-5H3,(H,26,32)(H,30,31)/t12-,18-/m0/s1. The number of hydrogen-bond acceptors (Lipinski definition) is 5. The van der Waals surface area contributed by atoms with Crippen molar-refractivity contribution in [1.82, 2.24) is 9.72 Å². The fourth-order valence-electron chi connectivity index (χ4n) is 4.69. The van der Waals surface area contributed by atoms with Crippen LogP contribution in [0.5, 0.6) is 0 Å². The zero-order valence-electron chi connectivity index (χ0n) is 19.6. The summed E-state index contributed by atoms with van der Waals surface area (Å²) >= 11 is 0. The van der Waals surface area contributed by atoms with E-state index in [0.29, 0.717) is 29.9 Å². The number of ether oxygens (including phenoxy) is 1. The number of aromatic nitrogens is 1. The number of carboxylic acids is 1. The number of pyridine rings is 2. The molecular formula is C24H30FN3O5. The average Bonchev–Trinajstić information content (AvgIpc) is 3.45. The zero-order valence-corrected chi connectivity index (χ0v) is 19.6. The molecule has 1 aliphatic heterocycles. The lowest BCUT2D eigenvalue weighted by molar-refractivity contribution is 0.0499. The molecule has 0 aromatic carbocycles. The van der Waals surface area contributed by atoms with Crippen LogP contribution in [0.4, 0.5) is 14.9 Å². The van der Waals surface area contributed by atoms with Gasteiger partial charge in [0.2, 0.25) is 0 Å². The molecule has 4 rings (SSSR count). The molecule has 1 saturated heterocycles. The van der Waals surface area contributed by atoms with E-state index in [2.05, 4.69) is 5.32 Å². The molecule has 1 saturated carbocycles. The van der Waals surface area contributed by atoms with E-state index in [0.717, 1.165) is 29.0 Å². The molecule has 0 spiro atoms. The topological polar surface area (TPSA) is 100 Å². The van der Waals surface area contributed by atoms with Crippen LogP contribution >= 0.6 is 0 Å². The third-order valence-corrected chi connectivity index (χ3v) is 6.32. The third kappa shape index (κ3) is 4.41. The second-order valence-corrected chi connectivity index (χ2v) is 10.2. The van der Waals surface area contributed by atoms with Gasteiger partial charge in [-0.25, -0.2) is 14.0 Å². The van der Waals surface area contributed by atoms with E-state index in [1.165, 1.54) is 6.07 Å². The highest BCUT2D eigenvalue weighted by Crippen LogP contribution is 2.44. The summed E-state index contributed by atoms with van der Waals surface area (Å²) in [6.07, 6.45) is 2.39. The summed E-state index contributed by atoms with van der Waals surface area (Å²) in [6, 6.07) is 1.22. The van der Waals surface area contributed by atoms with Crippen LogP contribution in [0.25, 0.3) is 5.52 Å². The maximum Gasteiger partial charge on any atom is 0.407 e. The van der Waals surface area contributed by atoms with Gasteiger partial charge < -0.3 is 20.1 Å². The van der Waals surface area contributed by atoms with Crippen molar-refractivity contribution in [2.75, 3.05) is 18.0 Å². The number of aromatic carboxylic acids is 1. The van der Waals surface area contributed by atoms with E-state index >= 15 is 4.39 Å². The first kappa shape index (κ1) is 23.1. The van der Waals surface area contributed by atoms with Gasteiger partial charge in [0, 0.05) is 13.1 Å². The Morgan fingerprint density at radius 3 is 2.48 bits per heavy atom. The summed E-state index contributed by atoms with van der Waals surface area (Å²) in [6.45, 7) is 10.0. The lowest BCUT2D eigenvalue weighted by atomic mass is 10.0. The van der Waals surface area contributed by atoms with Gasteiger partial charge in [0.15, 0.2) is 5.82 Å². The fourth-order valence-corrected chi connectivity index (χ4v) is 4.69. The van der Waals surface area contributed by atoms with Gasteiger partial charge >= 0.3 is 12.1 Å². The fraction of sp³-hybridized carbons (Fsp3) is 0.542. The number of aryl methyl sites for hydroxylation is 1. The van der Waals surface area contributed by atoms with Gasteiger partial charge in [0.1, 0.15) is 11.2 Å². The molecule has 2 N–H and O–H groups in total. The van der Waals surface area contributed by atoms with Gasteiger partial charge in [0.25, 0.3) is 5.56 Å². The number of rotatable bonds is 4. The highest BCUT2D eigenvalue weighted by molar-refractivity contribution is 5.89. The number of alkyl carbamates (subject to hydrolysis) is 1. The number of hydrogen-bond donors (Lipinski definition) is 2. The Morgan fingerprint density at radius 1 is 1.24 bits per heavy atom. The summed E-state index contributed by atoms with van der Waals surface area (Å²) in [4.78, 5) is 38.5. The second kappa shape index (κ2) is 8.04. The van der Waals surface area contributed by atoms with Crippen molar-refractivity contribution in [3.63, 3.8) is 0 Å². The monoisotopic (exact) mass is 459 g/mol. The molecule has 2 aromatic heterocycles. The second-order valence-electron chi connectivity index (χ2n) is 10.2. The first-order valence-corrected chi connectivity index (χ1v) is 11.2. The van der Waals surface area contributed by atoms with Crippen molar-refractivity contribution < 1.29 is 23.8 Å². The molecule has 0 unspecified atom stereocenters. The molecule has 2 aromatic rings. The van der Waals surface area contributed by atoms with E-state index in [-0.39, 0.29) is 23.4 Å². The van der Waals surface area contributed by atoms with Crippen LogP contribution in [0, 0.1) is 18.7 Å². The van der Waals surface area contributed by atoms with Crippen LogP contribution in [-0.2, 0) is 4.74 Å². The summed E-state index contributed by atoms with van der Waals surface area (Å²) < 4.78 is 21.9. The molecule has 0 bridgehead atoms. The van der Waals surface area contributed by atoms with Gasteiger partial charge in [-0.3, -0.25) is 9.20 Å². The quantitative estimate of drug-likeness (QED) is 0.724. The summed E-state index contributed by atoms with van der Waals surface area (Å²) in [5.41, 5.74) is 0.595.